The van der Waals surface area contributed by atoms with Crippen LogP contribution in [0.1, 0.15) is 15.9 Å². The molecule has 0 saturated carbocycles. The third-order valence-electron chi connectivity index (χ3n) is 2.91. The average Bonchev–Trinajstić information content (AvgIpc) is 3.10. The smallest absolute Gasteiger partial charge is 0.256 e. The Morgan fingerprint density at radius 1 is 1.23 bits per heavy atom. The van der Waals surface area contributed by atoms with Crippen LogP contribution in [-0.2, 0) is 0 Å². The molecular weight excluding hydrogens is 280 g/mol. The number of carbonyl (C=O) groups excluding carboxylic acids is 1. The Hall–Kier alpha value is -3.53. The molecule has 3 rings (SSSR count). The molecule has 7 nitrogen and oxygen atoms in total. The molecule has 0 fully saturated rings. The lowest BCUT2D eigenvalue weighted by Gasteiger charge is -2.06. The van der Waals surface area contributed by atoms with E-state index in [2.05, 4.69) is 20.4 Å². The lowest BCUT2D eigenvalue weighted by Crippen LogP contribution is -2.13. The van der Waals surface area contributed by atoms with Crippen molar-refractivity contribution < 1.29 is 4.79 Å². The van der Waals surface area contributed by atoms with Crippen LogP contribution in [-0.4, -0.2) is 25.7 Å². The SMILES string of the molecule is N#Cc1ccc(C(=O)Nc2cc(-n3cccn3)ncn2)cc1. The third-order valence-corrected chi connectivity index (χ3v) is 2.91. The molecule has 106 valence electrons. The minimum Gasteiger partial charge on any atom is -0.306 e. The van der Waals surface area contributed by atoms with Crippen molar-refractivity contribution in [2.75, 3.05) is 5.32 Å². The zero-order valence-electron chi connectivity index (χ0n) is 11.3. The number of rotatable bonds is 3. The molecule has 2 heterocycles. The Kier molecular flexibility index (Phi) is 3.58. The maximum absolute atomic E-state index is 12.1. The highest BCUT2D eigenvalue weighted by Gasteiger charge is 2.08. The molecule has 0 atom stereocenters. The Labute approximate surface area is 125 Å². The van der Waals surface area contributed by atoms with Gasteiger partial charge in [-0.15, -0.1) is 0 Å². The molecule has 0 aliphatic carbocycles. The molecule has 0 unspecified atom stereocenters. The largest absolute Gasteiger partial charge is 0.306 e. The van der Waals surface area contributed by atoms with Crippen molar-refractivity contribution in [2.24, 2.45) is 0 Å². The predicted octanol–water partition coefficient (Wildman–Crippen LogP) is 1.79. The van der Waals surface area contributed by atoms with Gasteiger partial charge in [-0.25, -0.2) is 14.6 Å². The van der Waals surface area contributed by atoms with Gasteiger partial charge in [0.15, 0.2) is 5.82 Å². The first-order valence-corrected chi connectivity index (χ1v) is 6.40. The van der Waals surface area contributed by atoms with Crippen LogP contribution in [0.5, 0.6) is 0 Å². The number of hydrogen-bond donors (Lipinski definition) is 1. The quantitative estimate of drug-likeness (QED) is 0.793. The van der Waals surface area contributed by atoms with Gasteiger partial charge < -0.3 is 5.32 Å². The van der Waals surface area contributed by atoms with Crippen molar-refractivity contribution in [3.05, 3.63) is 66.2 Å². The summed E-state index contributed by atoms with van der Waals surface area (Å²) in [6.45, 7) is 0. The van der Waals surface area contributed by atoms with E-state index < -0.39 is 0 Å². The van der Waals surface area contributed by atoms with Crippen LogP contribution in [0.4, 0.5) is 5.82 Å². The molecule has 1 amide bonds. The van der Waals surface area contributed by atoms with Gasteiger partial charge in [-0.3, -0.25) is 4.79 Å². The maximum atomic E-state index is 12.1. The molecule has 1 aromatic carbocycles. The number of carbonyl (C=O) groups is 1. The summed E-state index contributed by atoms with van der Waals surface area (Å²) < 4.78 is 1.57. The van der Waals surface area contributed by atoms with Crippen LogP contribution in [0.3, 0.4) is 0 Å². The highest BCUT2D eigenvalue weighted by Crippen LogP contribution is 2.10. The van der Waals surface area contributed by atoms with Crippen LogP contribution in [0.25, 0.3) is 5.82 Å². The maximum Gasteiger partial charge on any atom is 0.256 e. The number of amides is 1. The number of nitrogens with one attached hydrogen (secondary N) is 1. The lowest BCUT2D eigenvalue weighted by molar-refractivity contribution is 0.102. The van der Waals surface area contributed by atoms with Gasteiger partial charge >= 0.3 is 0 Å². The van der Waals surface area contributed by atoms with E-state index in [-0.39, 0.29) is 5.91 Å². The fraction of sp³-hybridized carbons (Fsp3) is 0. The zero-order chi connectivity index (χ0) is 15.4. The highest BCUT2D eigenvalue weighted by molar-refractivity contribution is 6.03. The summed E-state index contributed by atoms with van der Waals surface area (Å²) in [4.78, 5) is 20.2. The van der Waals surface area contributed by atoms with E-state index in [1.807, 2.05) is 6.07 Å². The molecule has 22 heavy (non-hydrogen) atoms. The topological polar surface area (TPSA) is 96.5 Å². The first kappa shape index (κ1) is 13.5. The molecule has 7 heteroatoms. The van der Waals surface area contributed by atoms with Gasteiger partial charge in [0, 0.05) is 24.0 Å². The molecule has 0 bridgehead atoms. The van der Waals surface area contributed by atoms with Crippen molar-refractivity contribution >= 4 is 11.7 Å². The zero-order valence-corrected chi connectivity index (χ0v) is 11.3. The second-order valence-corrected chi connectivity index (χ2v) is 4.36. The summed E-state index contributed by atoms with van der Waals surface area (Å²) in [6, 6.07) is 11.7. The Morgan fingerprint density at radius 2 is 2.05 bits per heavy atom. The number of anilines is 1. The number of hydrogen-bond acceptors (Lipinski definition) is 5. The van der Waals surface area contributed by atoms with Gasteiger partial charge in [0.25, 0.3) is 5.91 Å². The van der Waals surface area contributed by atoms with Gasteiger partial charge in [-0.1, -0.05) is 0 Å². The monoisotopic (exact) mass is 290 g/mol. The van der Waals surface area contributed by atoms with Crippen LogP contribution >= 0.6 is 0 Å². The minimum atomic E-state index is -0.311. The first-order chi connectivity index (χ1) is 10.8. The molecule has 1 N–H and O–H groups in total. The van der Waals surface area contributed by atoms with E-state index in [0.29, 0.717) is 22.8 Å². The molecule has 2 aromatic heterocycles. The van der Waals surface area contributed by atoms with Crippen molar-refractivity contribution in [2.45, 2.75) is 0 Å². The molecular formula is C15H10N6O. The fourth-order valence-electron chi connectivity index (χ4n) is 1.83. The molecule has 0 aliphatic heterocycles. The minimum absolute atomic E-state index is 0.311. The molecule has 3 aromatic rings. The van der Waals surface area contributed by atoms with E-state index >= 15 is 0 Å². The highest BCUT2D eigenvalue weighted by atomic mass is 16.1. The van der Waals surface area contributed by atoms with Crippen LogP contribution in [0.2, 0.25) is 0 Å². The Morgan fingerprint density at radius 3 is 2.73 bits per heavy atom. The normalized spacial score (nSPS) is 9.95. The van der Waals surface area contributed by atoms with Crippen LogP contribution < -0.4 is 5.32 Å². The number of nitrogens with zero attached hydrogens (tertiary/aromatic N) is 5. The van der Waals surface area contributed by atoms with Crippen molar-refractivity contribution in [3.63, 3.8) is 0 Å². The number of nitriles is 1. The van der Waals surface area contributed by atoms with Gasteiger partial charge in [0.05, 0.1) is 11.6 Å². The van der Waals surface area contributed by atoms with Gasteiger partial charge in [0.1, 0.15) is 12.1 Å². The van der Waals surface area contributed by atoms with E-state index in [4.69, 9.17) is 5.26 Å². The second-order valence-electron chi connectivity index (χ2n) is 4.36. The van der Waals surface area contributed by atoms with Gasteiger partial charge in [0.2, 0.25) is 0 Å². The molecule has 0 spiro atoms. The fourth-order valence-corrected chi connectivity index (χ4v) is 1.83. The Bertz CT molecular complexity index is 833. The number of benzene rings is 1. The first-order valence-electron chi connectivity index (χ1n) is 6.40. The van der Waals surface area contributed by atoms with E-state index in [9.17, 15) is 4.79 Å². The summed E-state index contributed by atoms with van der Waals surface area (Å²) >= 11 is 0. The molecule has 0 radical (unpaired) electrons. The third kappa shape index (κ3) is 2.81. The summed E-state index contributed by atoms with van der Waals surface area (Å²) in [7, 11) is 0. The van der Waals surface area contributed by atoms with Crippen molar-refractivity contribution in [1.82, 2.24) is 19.7 Å². The van der Waals surface area contributed by atoms with Crippen molar-refractivity contribution in [3.8, 4) is 11.9 Å². The summed E-state index contributed by atoms with van der Waals surface area (Å²) in [5.41, 5.74) is 0.942. The van der Waals surface area contributed by atoms with Gasteiger partial charge in [-0.05, 0) is 30.3 Å². The summed E-state index contributed by atoms with van der Waals surface area (Å²) in [5, 5.41) is 15.5. The standard InChI is InChI=1S/C15H10N6O/c16-9-11-2-4-12(5-3-11)15(22)20-13-8-14(18-10-17-13)21-7-1-6-19-21/h1-8,10H,(H,17,18,20,22). The van der Waals surface area contributed by atoms with E-state index in [1.165, 1.54) is 6.33 Å². The predicted molar refractivity (Wildman–Crippen MR) is 78.3 cm³/mol. The second kappa shape index (κ2) is 5.85. The van der Waals surface area contributed by atoms with Gasteiger partial charge in [-0.2, -0.15) is 10.4 Å². The molecule has 0 saturated heterocycles. The Balaban J connectivity index is 1.79. The number of aromatic nitrogens is 4. The summed E-state index contributed by atoms with van der Waals surface area (Å²) in [5.74, 6) is 0.611. The van der Waals surface area contributed by atoms with Crippen LogP contribution in [0, 0.1) is 11.3 Å². The van der Waals surface area contributed by atoms with Crippen molar-refractivity contribution in [1.29, 1.82) is 5.26 Å². The summed E-state index contributed by atoms with van der Waals surface area (Å²) in [6.07, 6.45) is 4.73. The van der Waals surface area contributed by atoms with Crippen LogP contribution in [0.15, 0.2) is 55.1 Å². The van der Waals surface area contributed by atoms with E-state index in [0.717, 1.165) is 0 Å². The molecule has 0 aliphatic rings. The average molecular weight is 290 g/mol. The van der Waals surface area contributed by atoms with E-state index in [1.54, 1.807) is 53.5 Å². The lowest BCUT2D eigenvalue weighted by atomic mass is 10.1.